The first-order valence-electron chi connectivity index (χ1n) is 7.96. The van der Waals surface area contributed by atoms with Crippen molar-refractivity contribution in [2.45, 2.75) is 32.7 Å². The molecule has 4 rings (SSSR count). The van der Waals surface area contributed by atoms with E-state index in [1.54, 1.807) is 0 Å². The van der Waals surface area contributed by atoms with Gasteiger partial charge in [0.1, 0.15) is 12.4 Å². The summed E-state index contributed by atoms with van der Waals surface area (Å²) in [4.78, 5) is 5.01. The molecule has 0 aliphatic carbocycles. The highest BCUT2D eigenvalue weighted by molar-refractivity contribution is 5.47. The van der Waals surface area contributed by atoms with Gasteiger partial charge in [-0.3, -0.25) is 0 Å². The van der Waals surface area contributed by atoms with Gasteiger partial charge in [-0.05, 0) is 42.9 Å². The third-order valence-corrected chi connectivity index (χ3v) is 5.24. The molecule has 0 aromatic carbocycles. The van der Waals surface area contributed by atoms with Crippen LogP contribution in [0.25, 0.3) is 0 Å². The summed E-state index contributed by atoms with van der Waals surface area (Å²) in [7, 11) is 0. The van der Waals surface area contributed by atoms with E-state index in [1.165, 1.54) is 43.6 Å². The van der Waals surface area contributed by atoms with Gasteiger partial charge >= 0.3 is 0 Å². The summed E-state index contributed by atoms with van der Waals surface area (Å²) in [6, 6.07) is 0.633. The fourth-order valence-corrected chi connectivity index (χ4v) is 4.05. The monoisotopic (exact) mass is 272 g/mol. The van der Waals surface area contributed by atoms with Crippen LogP contribution in [-0.2, 0) is 4.74 Å². The number of hydrogen-bond acceptors (Lipinski definition) is 3. The Kier molecular flexibility index (Phi) is 2.92. The molecule has 3 atom stereocenters. The topological polar surface area (TPSA) is 15.7 Å². The number of nitrogens with zero attached hydrogens (tertiary/aromatic N) is 2. The van der Waals surface area contributed by atoms with E-state index in [4.69, 9.17) is 4.74 Å². The van der Waals surface area contributed by atoms with Crippen molar-refractivity contribution < 1.29 is 4.74 Å². The molecule has 0 radical (unpaired) electrons. The average molecular weight is 272 g/mol. The molecule has 3 heteroatoms. The third kappa shape index (κ3) is 1.99. The molecular weight excluding hydrogens is 248 g/mol. The Morgan fingerprint density at radius 3 is 3.00 bits per heavy atom. The molecule has 2 bridgehead atoms. The van der Waals surface area contributed by atoms with Gasteiger partial charge in [0.15, 0.2) is 0 Å². The van der Waals surface area contributed by atoms with Crippen LogP contribution < -0.4 is 0 Å². The fourth-order valence-electron chi connectivity index (χ4n) is 4.05. The van der Waals surface area contributed by atoms with Crippen LogP contribution in [0.4, 0.5) is 0 Å². The second-order valence-corrected chi connectivity index (χ2v) is 6.94. The van der Waals surface area contributed by atoms with Crippen molar-refractivity contribution in [2.24, 2.45) is 11.8 Å². The molecule has 108 valence electrons. The number of hydrogen-bond donors (Lipinski definition) is 0. The molecule has 3 nitrogen and oxygen atoms in total. The van der Waals surface area contributed by atoms with Gasteiger partial charge in [-0.2, -0.15) is 0 Å². The predicted molar refractivity (Wildman–Crippen MR) is 79.8 cm³/mol. The molecular formula is C17H24N2O. The Labute approximate surface area is 121 Å². The molecule has 4 aliphatic heterocycles. The minimum Gasteiger partial charge on any atom is -0.487 e. The molecule has 0 amide bonds. The van der Waals surface area contributed by atoms with Gasteiger partial charge in [0.05, 0.1) is 0 Å². The van der Waals surface area contributed by atoms with Gasteiger partial charge in [0.25, 0.3) is 0 Å². The highest BCUT2D eigenvalue weighted by Gasteiger charge is 2.35. The van der Waals surface area contributed by atoms with Crippen LogP contribution in [0.15, 0.2) is 35.4 Å². The zero-order chi connectivity index (χ0) is 13.7. The quantitative estimate of drug-likeness (QED) is 0.769. The highest BCUT2D eigenvalue weighted by atomic mass is 16.5. The van der Waals surface area contributed by atoms with Gasteiger partial charge in [-0.25, -0.2) is 0 Å². The predicted octanol–water partition coefficient (Wildman–Crippen LogP) is 2.73. The van der Waals surface area contributed by atoms with Crippen molar-refractivity contribution in [1.29, 1.82) is 0 Å². The van der Waals surface area contributed by atoms with Crippen molar-refractivity contribution in [1.82, 2.24) is 9.80 Å². The summed E-state index contributed by atoms with van der Waals surface area (Å²) in [5, 5.41) is 0. The zero-order valence-electron chi connectivity index (χ0n) is 12.5. The van der Waals surface area contributed by atoms with Gasteiger partial charge in [-0.15, -0.1) is 0 Å². The lowest BCUT2D eigenvalue weighted by Crippen LogP contribution is -2.43. The highest BCUT2D eigenvalue weighted by Crippen LogP contribution is 2.36. The number of fused-ring (bicyclic) bond motifs is 3. The lowest BCUT2D eigenvalue weighted by Gasteiger charge is -2.37. The smallest absolute Gasteiger partial charge is 0.143 e. The first-order valence-corrected chi connectivity index (χ1v) is 7.96. The minimum atomic E-state index is 0.573. The van der Waals surface area contributed by atoms with Crippen molar-refractivity contribution in [3.05, 3.63) is 35.4 Å². The molecule has 20 heavy (non-hydrogen) atoms. The fraction of sp³-hybridized carbons (Fsp3) is 0.647. The molecule has 0 saturated carbocycles. The lowest BCUT2D eigenvalue weighted by molar-refractivity contribution is 0.166. The van der Waals surface area contributed by atoms with Crippen LogP contribution in [0.3, 0.4) is 0 Å². The zero-order valence-corrected chi connectivity index (χ0v) is 12.5. The first kappa shape index (κ1) is 12.5. The van der Waals surface area contributed by atoms with Crippen LogP contribution in [-0.4, -0.2) is 42.1 Å². The van der Waals surface area contributed by atoms with Crippen LogP contribution in [0.1, 0.15) is 26.7 Å². The second-order valence-electron chi connectivity index (χ2n) is 6.94. The molecule has 0 aromatic heterocycles. The number of allylic oxidation sites excluding steroid dienone is 1. The normalized spacial score (nSPS) is 35.5. The number of rotatable bonds is 2. The molecule has 4 aliphatic rings. The Bertz CT molecular complexity index is 491. The van der Waals surface area contributed by atoms with Crippen LogP contribution in [0.5, 0.6) is 0 Å². The van der Waals surface area contributed by atoms with E-state index in [0.717, 1.165) is 18.3 Å². The maximum atomic E-state index is 5.90. The standard InChI is InChI=1S/C17H24N2O/c1-12(2)16-11-20-17-10-19(6-4-15(16)17)14-7-13-3-5-18(8-13)9-14/h4,6,10,12-14H,3,5,7-9,11H2,1-2H3/t13-,14-/m1/s1. The molecule has 4 heterocycles. The summed E-state index contributed by atoms with van der Waals surface area (Å²) in [5.74, 6) is 2.57. The summed E-state index contributed by atoms with van der Waals surface area (Å²) in [5.41, 5.74) is 2.77. The van der Waals surface area contributed by atoms with E-state index in [0.29, 0.717) is 12.0 Å². The molecule has 0 aromatic rings. The Morgan fingerprint density at radius 2 is 2.20 bits per heavy atom. The second kappa shape index (κ2) is 4.66. The van der Waals surface area contributed by atoms with Gasteiger partial charge in [0, 0.05) is 37.1 Å². The Hall–Kier alpha value is -1.22. The van der Waals surface area contributed by atoms with E-state index < -0.39 is 0 Å². The van der Waals surface area contributed by atoms with Crippen LogP contribution >= 0.6 is 0 Å². The Balaban J connectivity index is 1.55. The van der Waals surface area contributed by atoms with Gasteiger partial charge in [-0.1, -0.05) is 13.8 Å². The molecule has 2 fully saturated rings. The summed E-state index contributed by atoms with van der Waals surface area (Å²) >= 11 is 0. The maximum Gasteiger partial charge on any atom is 0.143 e. The van der Waals surface area contributed by atoms with Crippen LogP contribution in [0.2, 0.25) is 0 Å². The van der Waals surface area contributed by atoms with E-state index in [1.807, 2.05) is 0 Å². The van der Waals surface area contributed by atoms with E-state index in [2.05, 4.69) is 42.1 Å². The van der Waals surface area contributed by atoms with E-state index in [-0.39, 0.29) is 0 Å². The van der Waals surface area contributed by atoms with E-state index >= 15 is 0 Å². The largest absolute Gasteiger partial charge is 0.487 e. The summed E-state index contributed by atoms with van der Waals surface area (Å²) < 4.78 is 5.90. The SMILES string of the molecule is CC(C)C1=C2C=CN([C@@H]3C[C@H]4CCN(C4)C3)C=C2OC1. The van der Waals surface area contributed by atoms with Gasteiger partial charge < -0.3 is 14.5 Å². The third-order valence-electron chi connectivity index (χ3n) is 5.24. The molecule has 0 N–H and O–H groups in total. The lowest BCUT2D eigenvalue weighted by atomic mass is 9.94. The number of piperidine rings is 1. The summed E-state index contributed by atoms with van der Waals surface area (Å²) in [6.07, 6.45) is 9.50. The van der Waals surface area contributed by atoms with E-state index in [9.17, 15) is 0 Å². The molecule has 1 unspecified atom stereocenters. The van der Waals surface area contributed by atoms with Crippen molar-refractivity contribution in [3.8, 4) is 0 Å². The molecule has 0 spiro atoms. The Morgan fingerprint density at radius 1 is 1.30 bits per heavy atom. The van der Waals surface area contributed by atoms with Gasteiger partial charge in [0.2, 0.25) is 0 Å². The van der Waals surface area contributed by atoms with Crippen LogP contribution in [0, 0.1) is 11.8 Å². The maximum absolute atomic E-state index is 5.90. The first-order chi connectivity index (χ1) is 9.70. The number of ether oxygens (including phenoxy) is 1. The molecule has 2 saturated heterocycles. The van der Waals surface area contributed by atoms with Crippen molar-refractivity contribution in [3.63, 3.8) is 0 Å². The van der Waals surface area contributed by atoms with Crippen molar-refractivity contribution >= 4 is 0 Å². The minimum absolute atomic E-state index is 0.573. The van der Waals surface area contributed by atoms with Crippen molar-refractivity contribution in [2.75, 3.05) is 26.2 Å². The average Bonchev–Trinajstić information content (AvgIpc) is 3.01. The summed E-state index contributed by atoms with van der Waals surface area (Å²) in [6.45, 7) is 9.11.